The molecule has 3 aromatic carbocycles. The van der Waals surface area contributed by atoms with Crippen molar-refractivity contribution in [1.82, 2.24) is 4.90 Å². The molecule has 1 saturated heterocycles. The summed E-state index contributed by atoms with van der Waals surface area (Å²) < 4.78 is 10.3. The van der Waals surface area contributed by atoms with Crippen LogP contribution in [-0.2, 0) is 20.9 Å². The van der Waals surface area contributed by atoms with E-state index in [4.69, 9.17) is 9.47 Å². The van der Waals surface area contributed by atoms with E-state index >= 15 is 0 Å². The summed E-state index contributed by atoms with van der Waals surface area (Å²) in [6.45, 7) is 3.98. The van der Waals surface area contributed by atoms with Gasteiger partial charge in [-0.3, -0.25) is 9.59 Å². The SMILES string of the molecule is CCOC(=O)c1ccc(NC(=O)CC2C(=O)N(c3cccc(C)c3)C(=O)N2Cc2cccc(OC)c2)cc1. The maximum atomic E-state index is 13.5. The van der Waals surface area contributed by atoms with E-state index in [1.165, 1.54) is 4.90 Å². The molecule has 196 valence electrons. The fraction of sp³-hybridized carbons (Fsp3) is 0.241. The van der Waals surface area contributed by atoms with Gasteiger partial charge in [-0.05, 0) is 73.5 Å². The van der Waals surface area contributed by atoms with E-state index in [-0.39, 0.29) is 19.6 Å². The van der Waals surface area contributed by atoms with Crippen LogP contribution in [-0.4, -0.2) is 48.5 Å². The number of imide groups is 1. The highest BCUT2D eigenvalue weighted by atomic mass is 16.5. The number of benzene rings is 3. The Morgan fingerprint density at radius 1 is 0.974 bits per heavy atom. The molecule has 4 amide bonds. The zero-order valence-corrected chi connectivity index (χ0v) is 21.5. The van der Waals surface area contributed by atoms with Gasteiger partial charge in [0.2, 0.25) is 5.91 Å². The van der Waals surface area contributed by atoms with Gasteiger partial charge in [0, 0.05) is 12.2 Å². The first kappa shape index (κ1) is 26.4. The Labute approximate surface area is 220 Å². The van der Waals surface area contributed by atoms with E-state index in [1.807, 2.05) is 19.1 Å². The molecular weight excluding hydrogens is 486 g/mol. The van der Waals surface area contributed by atoms with Crippen molar-refractivity contribution in [3.63, 3.8) is 0 Å². The van der Waals surface area contributed by atoms with Gasteiger partial charge in [-0.2, -0.15) is 0 Å². The molecule has 1 N–H and O–H groups in total. The standard InChI is InChI=1S/C29H29N3O6/c1-4-38-28(35)21-11-13-22(14-12-21)30-26(33)17-25-27(34)32(23-9-5-7-19(2)15-23)29(36)31(25)18-20-8-6-10-24(16-20)37-3/h5-16,25H,4,17-18H2,1-3H3,(H,30,33). The number of aryl methyl sites for hydroxylation is 1. The molecule has 0 saturated carbocycles. The van der Waals surface area contributed by atoms with Crippen molar-refractivity contribution in [2.24, 2.45) is 0 Å². The van der Waals surface area contributed by atoms with Crippen molar-refractivity contribution in [1.29, 1.82) is 0 Å². The molecule has 1 fully saturated rings. The number of esters is 1. The number of carbonyl (C=O) groups is 4. The van der Waals surface area contributed by atoms with Gasteiger partial charge in [0.1, 0.15) is 11.8 Å². The third-order valence-electron chi connectivity index (χ3n) is 6.12. The first-order chi connectivity index (χ1) is 18.3. The second-order valence-corrected chi connectivity index (χ2v) is 8.84. The van der Waals surface area contributed by atoms with Crippen LogP contribution in [0, 0.1) is 6.92 Å². The molecule has 0 aromatic heterocycles. The summed E-state index contributed by atoms with van der Waals surface area (Å²) in [5.74, 6) is -0.750. The largest absolute Gasteiger partial charge is 0.497 e. The number of hydrogen-bond donors (Lipinski definition) is 1. The van der Waals surface area contributed by atoms with Gasteiger partial charge in [0.25, 0.3) is 5.91 Å². The van der Waals surface area contributed by atoms with E-state index in [9.17, 15) is 19.2 Å². The molecule has 0 aliphatic carbocycles. The van der Waals surface area contributed by atoms with Gasteiger partial charge in [-0.1, -0.05) is 24.3 Å². The smallest absolute Gasteiger partial charge is 0.338 e. The van der Waals surface area contributed by atoms with E-state index < -0.39 is 29.9 Å². The van der Waals surface area contributed by atoms with Crippen LogP contribution >= 0.6 is 0 Å². The van der Waals surface area contributed by atoms with Crippen LogP contribution < -0.4 is 15.0 Å². The minimum Gasteiger partial charge on any atom is -0.497 e. The molecule has 9 nitrogen and oxygen atoms in total. The number of amides is 4. The maximum absolute atomic E-state index is 13.5. The number of nitrogens with zero attached hydrogens (tertiary/aromatic N) is 2. The second-order valence-electron chi connectivity index (χ2n) is 8.84. The minimum atomic E-state index is -1.01. The summed E-state index contributed by atoms with van der Waals surface area (Å²) in [6, 6.07) is 19.1. The maximum Gasteiger partial charge on any atom is 0.338 e. The monoisotopic (exact) mass is 515 g/mol. The molecule has 1 aliphatic heterocycles. The van der Waals surface area contributed by atoms with Crippen molar-refractivity contribution in [2.45, 2.75) is 32.9 Å². The molecule has 0 spiro atoms. The van der Waals surface area contributed by atoms with Crippen LogP contribution in [0.2, 0.25) is 0 Å². The Hall–Kier alpha value is -4.66. The van der Waals surface area contributed by atoms with Crippen LogP contribution in [0.1, 0.15) is 34.8 Å². The molecule has 1 aliphatic rings. The Balaban J connectivity index is 1.56. The number of hydrogen-bond acceptors (Lipinski definition) is 6. The molecule has 4 rings (SSSR count). The predicted octanol–water partition coefficient (Wildman–Crippen LogP) is 4.55. The molecule has 38 heavy (non-hydrogen) atoms. The lowest BCUT2D eigenvalue weighted by Gasteiger charge is -2.22. The molecule has 9 heteroatoms. The molecule has 0 radical (unpaired) electrons. The van der Waals surface area contributed by atoms with Crippen LogP contribution in [0.15, 0.2) is 72.8 Å². The predicted molar refractivity (Wildman–Crippen MR) is 142 cm³/mol. The van der Waals surface area contributed by atoms with Gasteiger partial charge in [-0.25, -0.2) is 14.5 Å². The summed E-state index contributed by atoms with van der Waals surface area (Å²) >= 11 is 0. The van der Waals surface area contributed by atoms with E-state index in [0.717, 1.165) is 16.0 Å². The lowest BCUT2D eigenvalue weighted by molar-refractivity contribution is -0.124. The van der Waals surface area contributed by atoms with Gasteiger partial charge in [-0.15, -0.1) is 0 Å². The van der Waals surface area contributed by atoms with Gasteiger partial charge < -0.3 is 19.7 Å². The van der Waals surface area contributed by atoms with Crippen molar-refractivity contribution in [2.75, 3.05) is 23.9 Å². The summed E-state index contributed by atoms with van der Waals surface area (Å²) in [6.07, 6.45) is -0.240. The van der Waals surface area contributed by atoms with Crippen molar-refractivity contribution >= 4 is 35.2 Å². The number of methoxy groups -OCH3 is 1. The van der Waals surface area contributed by atoms with Crippen LogP contribution in [0.5, 0.6) is 5.75 Å². The highest BCUT2D eigenvalue weighted by molar-refractivity contribution is 6.22. The quantitative estimate of drug-likeness (QED) is 0.331. The average molecular weight is 516 g/mol. The van der Waals surface area contributed by atoms with Crippen molar-refractivity contribution in [3.05, 3.63) is 89.5 Å². The number of rotatable bonds is 9. The number of urea groups is 1. The Morgan fingerprint density at radius 2 is 1.71 bits per heavy atom. The molecular formula is C29H29N3O6. The van der Waals surface area contributed by atoms with Gasteiger partial charge >= 0.3 is 12.0 Å². The first-order valence-electron chi connectivity index (χ1n) is 12.2. The number of ether oxygens (including phenoxy) is 2. The molecule has 0 bridgehead atoms. The van der Waals surface area contributed by atoms with E-state index in [0.29, 0.717) is 22.7 Å². The highest BCUT2D eigenvalue weighted by Gasteiger charge is 2.46. The molecule has 1 unspecified atom stereocenters. The van der Waals surface area contributed by atoms with Gasteiger partial charge in [0.05, 0.1) is 31.4 Å². The topological polar surface area (TPSA) is 105 Å². The third kappa shape index (κ3) is 5.83. The number of nitrogens with one attached hydrogen (secondary N) is 1. The van der Waals surface area contributed by atoms with E-state index in [1.54, 1.807) is 74.7 Å². The molecule has 1 heterocycles. The Kier molecular flexibility index (Phi) is 8.06. The third-order valence-corrected chi connectivity index (χ3v) is 6.12. The van der Waals surface area contributed by atoms with Crippen LogP contribution in [0.4, 0.5) is 16.2 Å². The van der Waals surface area contributed by atoms with Crippen molar-refractivity contribution in [3.8, 4) is 5.75 Å². The van der Waals surface area contributed by atoms with Gasteiger partial charge in [0.15, 0.2) is 0 Å². The fourth-order valence-electron chi connectivity index (χ4n) is 4.28. The highest BCUT2D eigenvalue weighted by Crippen LogP contribution is 2.29. The normalized spacial score (nSPS) is 15.0. The summed E-state index contributed by atoms with van der Waals surface area (Å²) in [7, 11) is 1.55. The minimum absolute atomic E-state index is 0.121. The lowest BCUT2D eigenvalue weighted by atomic mass is 10.1. The summed E-state index contributed by atoms with van der Waals surface area (Å²) in [5, 5.41) is 2.75. The number of anilines is 2. The zero-order chi connectivity index (χ0) is 27.2. The van der Waals surface area contributed by atoms with Crippen LogP contribution in [0.25, 0.3) is 0 Å². The average Bonchev–Trinajstić information content (AvgIpc) is 3.13. The second kappa shape index (κ2) is 11.6. The summed E-state index contributed by atoms with van der Waals surface area (Å²) in [4.78, 5) is 54.5. The van der Waals surface area contributed by atoms with Crippen molar-refractivity contribution < 1.29 is 28.7 Å². The number of carbonyl (C=O) groups excluding carboxylic acids is 4. The Morgan fingerprint density at radius 3 is 2.39 bits per heavy atom. The zero-order valence-electron chi connectivity index (χ0n) is 21.5. The van der Waals surface area contributed by atoms with E-state index in [2.05, 4.69) is 5.32 Å². The Bertz CT molecular complexity index is 1350. The first-order valence-corrected chi connectivity index (χ1v) is 12.2. The summed E-state index contributed by atoms with van der Waals surface area (Å²) in [5.41, 5.74) is 2.92. The van der Waals surface area contributed by atoms with Crippen LogP contribution in [0.3, 0.4) is 0 Å². The molecule has 3 aromatic rings. The fourth-order valence-corrected chi connectivity index (χ4v) is 4.28. The molecule has 1 atom stereocenters. The lowest BCUT2D eigenvalue weighted by Crippen LogP contribution is -2.37.